The second-order valence-electron chi connectivity index (χ2n) is 4.70. The van der Waals surface area contributed by atoms with Crippen LogP contribution < -0.4 is 0 Å². The van der Waals surface area contributed by atoms with Crippen LogP contribution in [0.4, 0.5) is 4.79 Å². The van der Waals surface area contributed by atoms with Crippen LogP contribution in [0.15, 0.2) is 0 Å². The Labute approximate surface area is 96.0 Å². The van der Waals surface area contributed by atoms with Crippen molar-refractivity contribution in [1.29, 1.82) is 0 Å². The number of hydrogen-bond acceptors (Lipinski definition) is 2. The molecule has 0 aromatic rings. The fourth-order valence-electron chi connectivity index (χ4n) is 1.43. The minimum atomic E-state index is -0.953. The molecule has 0 aromatic carbocycles. The fourth-order valence-corrected chi connectivity index (χ4v) is 1.43. The summed E-state index contributed by atoms with van der Waals surface area (Å²) in [5, 5.41) is 8.77. The Balaban J connectivity index is 2.58. The molecule has 1 N–H and O–H groups in total. The Morgan fingerprint density at radius 2 is 1.94 bits per heavy atom. The molecule has 1 aliphatic carbocycles. The average molecular weight is 228 g/mol. The lowest BCUT2D eigenvalue weighted by Crippen LogP contribution is -2.47. The number of carbonyl (C=O) groups excluding carboxylic acids is 1. The summed E-state index contributed by atoms with van der Waals surface area (Å²) in [6.45, 7) is 4.19. The van der Waals surface area contributed by atoms with Crippen molar-refractivity contribution in [1.82, 2.24) is 9.80 Å². The van der Waals surface area contributed by atoms with E-state index in [0.29, 0.717) is 12.5 Å². The van der Waals surface area contributed by atoms with E-state index in [9.17, 15) is 9.59 Å². The summed E-state index contributed by atoms with van der Waals surface area (Å²) in [6.07, 6.45) is 2.21. The largest absolute Gasteiger partial charge is 0.480 e. The number of nitrogens with zero attached hydrogens (tertiary/aromatic N) is 2. The lowest BCUT2D eigenvalue weighted by Gasteiger charge is -2.29. The molecule has 1 fully saturated rings. The number of aliphatic carboxylic acids is 1. The molecule has 0 bridgehead atoms. The third-order valence-electron chi connectivity index (χ3n) is 2.85. The molecule has 1 rings (SSSR count). The predicted molar refractivity (Wildman–Crippen MR) is 60.2 cm³/mol. The third kappa shape index (κ3) is 3.72. The van der Waals surface area contributed by atoms with Crippen molar-refractivity contribution >= 4 is 12.0 Å². The van der Waals surface area contributed by atoms with Gasteiger partial charge < -0.3 is 14.9 Å². The molecule has 5 nitrogen and oxygen atoms in total. The Bertz CT molecular complexity index is 274. The molecule has 1 aliphatic rings. The predicted octanol–water partition coefficient (Wildman–Crippen LogP) is 1.24. The number of urea groups is 1. The molecule has 1 saturated carbocycles. The van der Waals surface area contributed by atoms with Gasteiger partial charge in [0.2, 0.25) is 0 Å². The van der Waals surface area contributed by atoms with E-state index in [4.69, 9.17) is 5.11 Å². The van der Waals surface area contributed by atoms with E-state index >= 15 is 0 Å². The van der Waals surface area contributed by atoms with Crippen molar-refractivity contribution < 1.29 is 14.7 Å². The standard InChI is InChI=1S/C11H20N2O3/c1-8(2)12(3)11(16)13(7-10(14)15)6-9-4-5-9/h8-9H,4-7H2,1-3H3,(H,14,15). The molecule has 0 atom stereocenters. The van der Waals surface area contributed by atoms with Gasteiger partial charge in [-0.15, -0.1) is 0 Å². The van der Waals surface area contributed by atoms with Gasteiger partial charge in [-0.2, -0.15) is 0 Å². The summed E-state index contributed by atoms with van der Waals surface area (Å²) in [4.78, 5) is 25.7. The summed E-state index contributed by atoms with van der Waals surface area (Å²) < 4.78 is 0. The third-order valence-corrected chi connectivity index (χ3v) is 2.85. The number of hydrogen-bond donors (Lipinski definition) is 1. The second-order valence-corrected chi connectivity index (χ2v) is 4.70. The van der Waals surface area contributed by atoms with Crippen LogP contribution in [-0.2, 0) is 4.79 Å². The Morgan fingerprint density at radius 1 is 1.38 bits per heavy atom. The average Bonchev–Trinajstić information content (AvgIpc) is 2.97. The van der Waals surface area contributed by atoms with Gasteiger partial charge in [-0.05, 0) is 32.6 Å². The first-order valence-corrected chi connectivity index (χ1v) is 5.65. The van der Waals surface area contributed by atoms with Crippen LogP contribution in [0.25, 0.3) is 0 Å². The maximum absolute atomic E-state index is 12.0. The van der Waals surface area contributed by atoms with Crippen LogP contribution in [-0.4, -0.2) is 53.1 Å². The number of carboxylic acid groups (broad SMARTS) is 1. The summed E-state index contributed by atoms with van der Waals surface area (Å²) in [5.74, 6) is -0.449. The summed E-state index contributed by atoms with van der Waals surface area (Å²) in [6, 6.07) is -0.104. The SMILES string of the molecule is CC(C)N(C)C(=O)N(CC(=O)O)CC1CC1. The molecule has 0 radical (unpaired) electrons. The van der Waals surface area contributed by atoms with E-state index in [1.807, 2.05) is 13.8 Å². The first-order valence-electron chi connectivity index (χ1n) is 5.65. The Morgan fingerprint density at radius 3 is 2.31 bits per heavy atom. The van der Waals surface area contributed by atoms with E-state index in [1.165, 1.54) is 4.90 Å². The topological polar surface area (TPSA) is 60.9 Å². The molecule has 0 aliphatic heterocycles. The molecule has 0 aromatic heterocycles. The maximum Gasteiger partial charge on any atom is 0.323 e. The monoisotopic (exact) mass is 228 g/mol. The zero-order valence-electron chi connectivity index (χ0n) is 10.1. The minimum absolute atomic E-state index is 0.0861. The van der Waals surface area contributed by atoms with Gasteiger partial charge in [0, 0.05) is 19.6 Å². The van der Waals surface area contributed by atoms with Gasteiger partial charge in [-0.1, -0.05) is 0 Å². The zero-order valence-corrected chi connectivity index (χ0v) is 10.1. The van der Waals surface area contributed by atoms with Gasteiger partial charge in [0.1, 0.15) is 6.54 Å². The quantitative estimate of drug-likeness (QED) is 0.770. The van der Waals surface area contributed by atoms with Crippen LogP contribution in [0.1, 0.15) is 26.7 Å². The molecule has 0 saturated heterocycles. The van der Waals surface area contributed by atoms with Crippen LogP contribution in [0.2, 0.25) is 0 Å². The van der Waals surface area contributed by atoms with E-state index in [0.717, 1.165) is 12.8 Å². The normalized spacial score (nSPS) is 15.0. The second kappa shape index (κ2) is 5.18. The summed E-state index contributed by atoms with van der Waals surface area (Å²) in [7, 11) is 1.70. The van der Waals surface area contributed by atoms with E-state index in [1.54, 1.807) is 11.9 Å². The molecule has 92 valence electrons. The van der Waals surface area contributed by atoms with E-state index in [2.05, 4.69) is 0 Å². The van der Waals surface area contributed by atoms with Crippen molar-refractivity contribution in [3.8, 4) is 0 Å². The molecule has 0 unspecified atom stereocenters. The van der Waals surface area contributed by atoms with Gasteiger partial charge in [-0.3, -0.25) is 4.79 Å². The highest BCUT2D eigenvalue weighted by molar-refractivity contribution is 5.80. The van der Waals surface area contributed by atoms with Gasteiger partial charge in [0.15, 0.2) is 0 Å². The highest BCUT2D eigenvalue weighted by atomic mass is 16.4. The zero-order chi connectivity index (χ0) is 12.3. The van der Waals surface area contributed by atoms with Crippen LogP contribution in [0.3, 0.4) is 0 Å². The van der Waals surface area contributed by atoms with Crippen LogP contribution in [0, 0.1) is 5.92 Å². The summed E-state index contributed by atoms with van der Waals surface area (Å²) >= 11 is 0. The maximum atomic E-state index is 12.0. The van der Waals surface area contributed by atoms with Crippen LogP contribution in [0.5, 0.6) is 0 Å². The van der Waals surface area contributed by atoms with Gasteiger partial charge >= 0.3 is 12.0 Å². The minimum Gasteiger partial charge on any atom is -0.480 e. The molecular weight excluding hydrogens is 208 g/mol. The number of carbonyl (C=O) groups is 2. The number of amides is 2. The molecule has 2 amide bonds. The molecule has 16 heavy (non-hydrogen) atoms. The molecule has 0 heterocycles. The Kier molecular flexibility index (Phi) is 4.15. The van der Waals surface area contributed by atoms with Crippen molar-refractivity contribution in [2.75, 3.05) is 20.1 Å². The molecule has 5 heteroatoms. The van der Waals surface area contributed by atoms with Crippen molar-refractivity contribution in [3.63, 3.8) is 0 Å². The van der Waals surface area contributed by atoms with Gasteiger partial charge in [-0.25, -0.2) is 4.79 Å². The lowest BCUT2D eigenvalue weighted by atomic mass is 10.3. The van der Waals surface area contributed by atoms with E-state index < -0.39 is 5.97 Å². The van der Waals surface area contributed by atoms with Crippen molar-refractivity contribution in [2.45, 2.75) is 32.7 Å². The van der Waals surface area contributed by atoms with Gasteiger partial charge in [0.25, 0.3) is 0 Å². The smallest absolute Gasteiger partial charge is 0.323 e. The lowest BCUT2D eigenvalue weighted by molar-refractivity contribution is -0.137. The highest BCUT2D eigenvalue weighted by Crippen LogP contribution is 2.29. The molecular formula is C11H20N2O3. The number of carboxylic acids is 1. The van der Waals surface area contributed by atoms with Crippen molar-refractivity contribution in [2.24, 2.45) is 5.92 Å². The first kappa shape index (κ1) is 12.8. The van der Waals surface area contributed by atoms with E-state index in [-0.39, 0.29) is 18.6 Å². The Hall–Kier alpha value is -1.26. The fraction of sp³-hybridized carbons (Fsp3) is 0.818. The first-order chi connectivity index (χ1) is 7.41. The van der Waals surface area contributed by atoms with Crippen molar-refractivity contribution in [3.05, 3.63) is 0 Å². The molecule has 0 spiro atoms. The highest BCUT2D eigenvalue weighted by Gasteiger charge is 2.29. The summed E-state index contributed by atoms with van der Waals surface area (Å²) in [5.41, 5.74) is 0. The van der Waals surface area contributed by atoms with Gasteiger partial charge in [0.05, 0.1) is 0 Å². The number of rotatable bonds is 5. The van der Waals surface area contributed by atoms with Crippen LogP contribution >= 0.6 is 0 Å².